The van der Waals surface area contributed by atoms with Crippen molar-refractivity contribution < 1.29 is 14.3 Å². The molecule has 2 aromatic carbocycles. The third-order valence-corrected chi connectivity index (χ3v) is 4.45. The van der Waals surface area contributed by atoms with Gasteiger partial charge in [-0.05, 0) is 55.2 Å². The Bertz CT molecular complexity index is 654. The Balaban J connectivity index is 1.46. The number of methoxy groups -OCH3 is 1. The molecular weight excluding hydrogens is 302 g/mol. The summed E-state index contributed by atoms with van der Waals surface area (Å²) in [5.41, 5.74) is 0.719. The molecular formula is C20H23NO3. The summed E-state index contributed by atoms with van der Waals surface area (Å²) in [6, 6.07) is 17.2. The van der Waals surface area contributed by atoms with Gasteiger partial charge in [-0.1, -0.05) is 18.2 Å². The third kappa shape index (κ3) is 4.07. The maximum absolute atomic E-state index is 12.5. The van der Waals surface area contributed by atoms with Crippen molar-refractivity contribution >= 4 is 5.91 Å². The van der Waals surface area contributed by atoms with Crippen LogP contribution in [-0.2, 0) is 0 Å². The van der Waals surface area contributed by atoms with Gasteiger partial charge in [0.15, 0.2) is 0 Å². The first kappa shape index (κ1) is 16.4. The zero-order valence-corrected chi connectivity index (χ0v) is 14.0. The fraction of sp³-hybridized carbons (Fsp3) is 0.350. The minimum Gasteiger partial charge on any atom is -0.497 e. The molecule has 0 bridgehead atoms. The van der Waals surface area contributed by atoms with Crippen LogP contribution in [-0.4, -0.2) is 37.6 Å². The van der Waals surface area contributed by atoms with E-state index in [2.05, 4.69) is 0 Å². The van der Waals surface area contributed by atoms with E-state index in [1.807, 2.05) is 59.5 Å². The fourth-order valence-corrected chi connectivity index (χ4v) is 3.03. The molecule has 4 nitrogen and oxygen atoms in total. The molecule has 0 aromatic heterocycles. The lowest BCUT2D eigenvalue weighted by Crippen LogP contribution is -2.28. The van der Waals surface area contributed by atoms with Crippen LogP contribution in [0.3, 0.4) is 0 Å². The highest BCUT2D eigenvalue weighted by molar-refractivity contribution is 5.94. The van der Waals surface area contributed by atoms with Gasteiger partial charge in [0, 0.05) is 18.7 Å². The number of benzene rings is 2. The number of carbonyl (C=O) groups excluding carboxylic acids is 1. The standard InChI is InChI=1S/C20H23NO3/c1-23-18-9-7-17(8-10-18)20(22)21-13-11-16(15-21)12-14-24-19-5-3-2-4-6-19/h2-10,16H,11-15H2,1H3. The largest absolute Gasteiger partial charge is 0.497 e. The predicted molar refractivity (Wildman–Crippen MR) is 93.6 cm³/mol. The van der Waals surface area contributed by atoms with E-state index >= 15 is 0 Å². The molecule has 1 saturated heterocycles. The Morgan fingerprint density at radius 2 is 1.83 bits per heavy atom. The van der Waals surface area contributed by atoms with Crippen molar-refractivity contribution in [2.24, 2.45) is 5.92 Å². The summed E-state index contributed by atoms with van der Waals surface area (Å²) in [5, 5.41) is 0. The summed E-state index contributed by atoms with van der Waals surface area (Å²) >= 11 is 0. The molecule has 0 N–H and O–H groups in total. The molecule has 0 radical (unpaired) electrons. The molecule has 1 aliphatic rings. The van der Waals surface area contributed by atoms with Crippen LogP contribution in [0.4, 0.5) is 0 Å². The summed E-state index contributed by atoms with van der Waals surface area (Å²) < 4.78 is 10.9. The molecule has 1 unspecified atom stereocenters. The van der Waals surface area contributed by atoms with Crippen LogP contribution in [0, 0.1) is 5.92 Å². The van der Waals surface area contributed by atoms with Crippen LogP contribution >= 0.6 is 0 Å². The first-order valence-corrected chi connectivity index (χ1v) is 8.37. The number of nitrogens with zero attached hydrogens (tertiary/aromatic N) is 1. The van der Waals surface area contributed by atoms with E-state index in [0.29, 0.717) is 12.5 Å². The summed E-state index contributed by atoms with van der Waals surface area (Å²) in [6.07, 6.45) is 2.02. The number of likely N-dealkylation sites (tertiary alicyclic amines) is 1. The highest BCUT2D eigenvalue weighted by Gasteiger charge is 2.26. The van der Waals surface area contributed by atoms with Crippen molar-refractivity contribution in [2.75, 3.05) is 26.8 Å². The molecule has 1 amide bonds. The lowest BCUT2D eigenvalue weighted by atomic mass is 10.1. The van der Waals surface area contributed by atoms with E-state index in [0.717, 1.165) is 43.0 Å². The van der Waals surface area contributed by atoms with Gasteiger partial charge < -0.3 is 14.4 Å². The number of carbonyl (C=O) groups is 1. The first-order valence-electron chi connectivity index (χ1n) is 8.37. The predicted octanol–water partition coefficient (Wildman–Crippen LogP) is 3.63. The first-order chi connectivity index (χ1) is 11.8. The number of amides is 1. The molecule has 126 valence electrons. The van der Waals surface area contributed by atoms with Crippen LogP contribution in [0.15, 0.2) is 54.6 Å². The Morgan fingerprint density at radius 3 is 2.54 bits per heavy atom. The van der Waals surface area contributed by atoms with E-state index in [1.165, 1.54) is 0 Å². The number of para-hydroxylation sites is 1. The molecule has 1 atom stereocenters. The van der Waals surface area contributed by atoms with Crippen LogP contribution in [0.25, 0.3) is 0 Å². The second-order valence-corrected chi connectivity index (χ2v) is 6.08. The second-order valence-electron chi connectivity index (χ2n) is 6.08. The van der Waals surface area contributed by atoms with Gasteiger partial charge in [-0.15, -0.1) is 0 Å². The highest BCUT2D eigenvalue weighted by atomic mass is 16.5. The molecule has 4 heteroatoms. The topological polar surface area (TPSA) is 38.8 Å². The van der Waals surface area contributed by atoms with Crippen LogP contribution in [0.1, 0.15) is 23.2 Å². The lowest BCUT2D eigenvalue weighted by Gasteiger charge is -2.17. The molecule has 1 heterocycles. The fourth-order valence-electron chi connectivity index (χ4n) is 3.03. The van der Waals surface area contributed by atoms with Crippen molar-refractivity contribution in [2.45, 2.75) is 12.8 Å². The van der Waals surface area contributed by atoms with Crippen molar-refractivity contribution in [1.82, 2.24) is 4.90 Å². The maximum atomic E-state index is 12.5. The average molecular weight is 325 g/mol. The van der Waals surface area contributed by atoms with E-state index in [-0.39, 0.29) is 5.91 Å². The SMILES string of the molecule is COc1ccc(C(=O)N2CCC(CCOc3ccccc3)C2)cc1. The van der Waals surface area contributed by atoms with E-state index in [4.69, 9.17) is 9.47 Å². The summed E-state index contributed by atoms with van der Waals surface area (Å²) in [7, 11) is 1.62. The molecule has 0 saturated carbocycles. The summed E-state index contributed by atoms with van der Waals surface area (Å²) in [4.78, 5) is 14.5. The van der Waals surface area contributed by atoms with Crippen molar-refractivity contribution in [3.63, 3.8) is 0 Å². The van der Waals surface area contributed by atoms with Crippen LogP contribution < -0.4 is 9.47 Å². The number of ether oxygens (including phenoxy) is 2. The molecule has 0 aliphatic carbocycles. The monoisotopic (exact) mass is 325 g/mol. The van der Waals surface area contributed by atoms with Gasteiger partial charge >= 0.3 is 0 Å². The van der Waals surface area contributed by atoms with Crippen LogP contribution in [0.5, 0.6) is 11.5 Å². The van der Waals surface area contributed by atoms with Gasteiger partial charge in [0.1, 0.15) is 11.5 Å². The lowest BCUT2D eigenvalue weighted by molar-refractivity contribution is 0.0785. The highest BCUT2D eigenvalue weighted by Crippen LogP contribution is 2.23. The number of rotatable bonds is 6. The van der Waals surface area contributed by atoms with Crippen molar-refractivity contribution in [1.29, 1.82) is 0 Å². The van der Waals surface area contributed by atoms with Gasteiger partial charge in [0.05, 0.1) is 13.7 Å². The quantitative estimate of drug-likeness (QED) is 0.814. The average Bonchev–Trinajstić information content (AvgIpc) is 3.11. The van der Waals surface area contributed by atoms with E-state index < -0.39 is 0 Å². The smallest absolute Gasteiger partial charge is 0.253 e. The van der Waals surface area contributed by atoms with Crippen LogP contribution in [0.2, 0.25) is 0 Å². The molecule has 1 fully saturated rings. The van der Waals surface area contributed by atoms with Gasteiger partial charge in [0.2, 0.25) is 0 Å². The summed E-state index contributed by atoms with van der Waals surface area (Å²) in [5.74, 6) is 2.28. The minimum atomic E-state index is 0.101. The van der Waals surface area contributed by atoms with Crippen molar-refractivity contribution in [3.8, 4) is 11.5 Å². The van der Waals surface area contributed by atoms with Gasteiger partial charge in [-0.3, -0.25) is 4.79 Å². The number of hydrogen-bond acceptors (Lipinski definition) is 3. The zero-order valence-electron chi connectivity index (χ0n) is 14.0. The number of hydrogen-bond donors (Lipinski definition) is 0. The Morgan fingerprint density at radius 1 is 1.08 bits per heavy atom. The Hall–Kier alpha value is -2.49. The zero-order chi connectivity index (χ0) is 16.8. The Kier molecular flexibility index (Phi) is 5.36. The van der Waals surface area contributed by atoms with E-state index in [9.17, 15) is 4.79 Å². The molecule has 1 aliphatic heterocycles. The van der Waals surface area contributed by atoms with Gasteiger partial charge in [-0.25, -0.2) is 0 Å². The van der Waals surface area contributed by atoms with Crippen molar-refractivity contribution in [3.05, 3.63) is 60.2 Å². The third-order valence-electron chi connectivity index (χ3n) is 4.45. The molecule has 3 rings (SSSR count). The maximum Gasteiger partial charge on any atom is 0.253 e. The van der Waals surface area contributed by atoms with E-state index in [1.54, 1.807) is 7.11 Å². The Labute approximate surface area is 143 Å². The summed E-state index contributed by atoms with van der Waals surface area (Å²) in [6.45, 7) is 2.32. The molecule has 2 aromatic rings. The van der Waals surface area contributed by atoms with Gasteiger partial charge in [0.25, 0.3) is 5.91 Å². The molecule has 0 spiro atoms. The minimum absolute atomic E-state index is 0.101. The second kappa shape index (κ2) is 7.86. The molecule has 24 heavy (non-hydrogen) atoms. The van der Waals surface area contributed by atoms with Gasteiger partial charge in [-0.2, -0.15) is 0 Å². The normalized spacial score (nSPS) is 16.9.